The minimum atomic E-state index is -0.301. The van der Waals surface area contributed by atoms with E-state index in [0.717, 1.165) is 22.3 Å². The normalized spacial score (nSPS) is 10.6. The van der Waals surface area contributed by atoms with Crippen LogP contribution in [0.1, 0.15) is 16.2 Å². The summed E-state index contributed by atoms with van der Waals surface area (Å²) in [5, 5.41) is 13.5. The summed E-state index contributed by atoms with van der Waals surface area (Å²) in [5.41, 5.74) is 2.65. The van der Waals surface area contributed by atoms with Crippen molar-refractivity contribution in [1.29, 1.82) is 0 Å². The van der Waals surface area contributed by atoms with Gasteiger partial charge in [-0.25, -0.2) is 0 Å². The molecule has 94 valence electrons. The van der Waals surface area contributed by atoms with Gasteiger partial charge in [-0.15, -0.1) is 0 Å². The number of aryl methyl sites for hydroxylation is 1. The minimum Gasteiger partial charge on any atom is -0.320 e. The maximum absolute atomic E-state index is 12.0. The number of aromatic amines is 1. The molecule has 0 aliphatic rings. The summed E-state index contributed by atoms with van der Waals surface area (Å²) < 4.78 is 0. The van der Waals surface area contributed by atoms with E-state index in [9.17, 15) is 4.79 Å². The first kappa shape index (κ1) is 11.3. The van der Waals surface area contributed by atoms with Crippen LogP contribution >= 0.6 is 0 Å². The molecular weight excluding hydrogens is 242 g/mol. The van der Waals surface area contributed by atoms with Crippen LogP contribution in [0.2, 0.25) is 0 Å². The molecule has 0 aliphatic carbocycles. The van der Waals surface area contributed by atoms with Crippen LogP contribution in [0.25, 0.3) is 10.9 Å². The SMILES string of the molecule is Cc1cc(NC(=O)c2cn[nH]n2)c2ccccc2n1. The van der Waals surface area contributed by atoms with Crippen molar-refractivity contribution >= 4 is 22.5 Å². The number of anilines is 1. The van der Waals surface area contributed by atoms with E-state index in [1.165, 1.54) is 6.20 Å². The van der Waals surface area contributed by atoms with Crippen molar-refractivity contribution in [2.24, 2.45) is 0 Å². The maximum atomic E-state index is 12.0. The number of benzene rings is 1. The van der Waals surface area contributed by atoms with Gasteiger partial charge in [0.1, 0.15) is 0 Å². The molecule has 1 aromatic carbocycles. The van der Waals surface area contributed by atoms with Gasteiger partial charge in [0.25, 0.3) is 5.91 Å². The van der Waals surface area contributed by atoms with E-state index >= 15 is 0 Å². The number of amides is 1. The first-order valence-corrected chi connectivity index (χ1v) is 5.77. The van der Waals surface area contributed by atoms with Gasteiger partial charge in [-0.05, 0) is 19.1 Å². The first-order valence-electron chi connectivity index (χ1n) is 5.77. The number of pyridine rings is 1. The highest BCUT2D eigenvalue weighted by atomic mass is 16.2. The lowest BCUT2D eigenvalue weighted by Gasteiger charge is -2.08. The second-order valence-corrected chi connectivity index (χ2v) is 4.14. The third-order valence-electron chi connectivity index (χ3n) is 2.74. The molecule has 6 heteroatoms. The lowest BCUT2D eigenvalue weighted by Crippen LogP contribution is -2.13. The average molecular weight is 253 g/mol. The summed E-state index contributed by atoms with van der Waals surface area (Å²) in [6, 6.07) is 9.48. The van der Waals surface area contributed by atoms with Crippen molar-refractivity contribution in [2.45, 2.75) is 6.92 Å². The predicted octanol–water partition coefficient (Wildman–Crippen LogP) is 1.91. The zero-order valence-electron chi connectivity index (χ0n) is 10.2. The molecule has 0 radical (unpaired) electrons. The Morgan fingerprint density at radius 2 is 2.16 bits per heavy atom. The van der Waals surface area contributed by atoms with Crippen molar-refractivity contribution < 1.29 is 4.79 Å². The number of H-pyrrole nitrogens is 1. The van der Waals surface area contributed by atoms with Crippen LogP contribution in [0.3, 0.4) is 0 Å². The van der Waals surface area contributed by atoms with Crippen LogP contribution in [0.4, 0.5) is 5.69 Å². The van der Waals surface area contributed by atoms with Gasteiger partial charge in [-0.2, -0.15) is 15.4 Å². The Labute approximate surface area is 108 Å². The number of rotatable bonds is 2. The largest absolute Gasteiger partial charge is 0.320 e. The Morgan fingerprint density at radius 1 is 1.32 bits per heavy atom. The Balaban J connectivity index is 2.03. The molecule has 3 rings (SSSR count). The molecule has 0 saturated carbocycles. The van der Waals surface area contributed by atoms with E-state index in [4.69, 9.17) is 0 Å². The van der Waals surface area contributed by atoms with E-state index in [1.807, 2.05) is 37.3 Å². The van der Waals surface area contributed by atoms with Crippen molar-refractivity contribution in [3.63, 3.8) is 0 Å². The second kappa shape index (κ2) is 4.49. The van der Waals surface area contributed by atoms with Gasteiger partial charge in [0.2, 0.25) is 0 Å². The van der Waals surface area contributed by atoms with Gasteiger partial charge in [-0.3, -0.25) is 9.78 Å². The fraction of sp³-hybridized carbons (Fsp3) is 0.0769. The zero-order valence-corrected chi connectivity index (χ0v) is 10.2. The number of hydrogen-bond acceptors (Lipinski definition) is 4. The summed E-state index contributed by atoms with van der Waals surface area (Å²) in [4.78, 5) is 16.4. The molecule has 0 atom stereocenters. The standard InChI is InChI=1S/C13H11N5O/c1-8-6-11(9-4-2-3-5-10(9)15-8)16-13(19)12-7-14-18-17-12/h2-7H,1H3,(H,14,17,18)(H,15,16,19). The summed E-state index contributed by atoms with van der Waals surface area (Å²) in [6.45, 7) is 1.89. The topological polar surface area (TPSA) is 83.6 Å². The van der Waals surface area contributed by atoms with E-state index in [1.54, 1.807) is 0 Å². The number of nitrogens with zero attached hydrogens (tertiary/aromatic N) is 3. The Hall–Kier alpha value is -2.76. The van der Waals surface area contributed by atoms with Crippen molar-refractivity contribution in [1.82, 2.24) is 20.4 Å². The predicted molar refractivity (Wildman–Crippen MR) is 70.8 cm³/mol. The van der Waals surface area contributed by atoms with Gasteiger partial charge in [0.15, 0.2) is 5.69 Å². The zero-order chi connectivity index (χ0) is 13.2. The van der Waals surface area contributed by atoms with Gasteiger partial charge in [-0.1, -0.05) is 18.2 Å². The minimum absolute atomic E-state index is 0.249. The average Bonchev–Trinajstić information content (AvgIpc) is 2.92. The summed E-state index contributed by atoms with van der Waals surface area (Å²) in [5.74, 6) is -0.301. The molecule has 6 nitrogen and oxygen atoms in total. The lowest BCUT2D eigenvalue weighted by molar-refractivity contribution is 0.102. The summed E-state index contributed by atoms with van der Waals surface area (Å²) in [6.07, 6.45) is 1.38. The molecule has 0 aliphatic heterocycles. The van der Waals surface area contributed by atoms with Crippen LogP contribution < -0.4 is 5.32 Å². The molecule has 1 amide bonds. The van der Waals surface area contributed by atoms with Crippen LogP contribution in [0.15, 0.2) is 36.5 Å². The van der Waals surface area contributed by atoms with Gasteiger partial charge < -0.3 is 5.32 Å². The lowest BCUT2D eigenvalue weighted by atomic mass is 10.1. The Bertz CT molecular complexity index is 736. The molecule has 3 aromatic rings. The highest BCUT2D eigenvalue weighted by molar-refractivity contribution is 6.07. The summed E-state index contributed by atoms with van der Waals surface area (Å²) >= 11 is 0. The number of carbonyl (C=O) groups excluding carboxylic acids is 1. The van der Waals surface area contributed by atoms with Gasteiger partial charge >= 0.3 is 0 Å². The molecule has 0 fully saturated rings. The molecule has 2 heterocycles. The monoisotopic (exact) mass is 253 g/mol. The molecular formula is C13H11N5O. The third-order valence-corrected chi connectivity index (χ3v) is 2.74. The van der Waals surface area contributed by atoms with Crippen LogP contribution in [-0.2, 0) is 0 Å². The fourth-order valence-corrected chi connectivity index (χ4v) is 1.91. The molecule has 0 spiro atoms. The van der Waals surface area contributed by atoms with Crippen LogP contribution in [-0.4, -0.2) is 26.3 Å². The Kier molecular flexibility index (Phi) is 2.68. The smallest absolute Gasteiger partial charge is 0.277 e. The van der Waals surface area contributed by atoms with Gasteiger partial charge in [0, 0.05) is 11.1 Å². The molecule has 0 unspecified atom stereocenters. The van der Waals surface area contributed by atoms with Crippen molar-refractivity contribution in [3.8, 4) is 0 Å². The van der Waals surface area contributed by atoms with Crippen LogP contribution in [0.5, 0.6) is 0 Å². The second-order valence-electron chi connectivity index (χ2n) is 4.14. The quantitative estimate of drug-likeness (QED) is 0.730. The Morgan fingerprint density at radius 3 is 2.95 bits per heavy atom. The highest BCUT2D eigenvalue weighted by Gasteiger charge is 2.11. The first-order chi connectivity index (χ1) is 9.24. The number of carbonyl (C=O) groups is 1. The number of hydrogen-bond donors (Lipinski definition) is 2. The fourth-order valence-electron chi connectivity index (χ4n) is 1.91. The molecule has 0 saturated heterocycles. The van der Waals surface area contributed by atoms with Crippen LogP contribution in [0, 0.1) is 6.92 Å². The summed E-state index contributed by atoms with van der Waals surface area (Å²) in [7, 11) is 0. The number of fused-ring (bicyclic) bond motifs is 1. The van der Waals surface area contributed by atoms with E-state index in [0.29, 0.717) is 0 Å². The molecule has 2 N–H and O–H groups in total. The maximum Gasteiger partial charge on any atom is 0.277 e. The molecule has 2 aromatic heterocycles. The van der Waals surface area contributed by atoms with Crippen molar-refractivity contribution in [2.75, 3.05) is 5.32 Å². The number of para-hydroxylation sites is 1. The van der Waals surface area contributed by atoms with Gasteiger partial charge in [0.05, 0.1) is 17.4 Å². The number of nitrogens with one attached hydrogen (secondary N) is 2. The van der Waals surface area contributed by atoms with Crippen molar-refractivity contribution in [3.05, 3.63) is 47.9 Å². The van der Waals surface area contributed by atoms with E-state index < -0.39 is 0 Å². The highest BCUT2D eigenvalue weighted by Crippen LogP contribution is 2.23. The van der Waals surface area contributed by atoms with E-state index in [2.05, 4.69) is 25.7 Å². The molecule has 19 heavy (non-hydrogen) atoms. The molecule has 0 bridgehead atoms. The third kappa shape index (κ3) is 2.15. The van der Waals surface area contributed by atoms with E-state index in [-0.39, 0.29) is 11.6 Å². The number of aromatic nitrogens is 4.